The van der Waals surface area contributed by atoms with Crippen LogP contribution in [0, 0.1) is 18.3 Å². The van der Waals surface area contributed by atoms with Crippen LogP contribution in [0.15, 0.2) is 73.1 Å². The Morgan fingerprint density at radius 1 is 1.04 bits per heavy atom. The van der Waals surface area contributed by atoms with Gasteiger partial charge in [0.2, 0.25) is 0 Å². The quantitative estimate of drug-likeness (QED) is 0.105. The first-order valence-electron chi connectivity index (χ1n) is 16.7. The summed E-state index contributed by atoms with van der Waals surface area (Å²) in [6.07, 6.45) is 4.62. The fraction of sp³-hybridized carbons (Fsp3) is 0.359. The van der Waals surface area contributed by atoms with E-state index >= 15 is 0 Å². The first-order chi connectivity index (χ1) is 24.7. The van der Waals surface area contributed by atoms with Crippen molar-refractivity contribution in [3.05, 3.63) is 106 Å². The molecule has 4 aromatic rings. The predicted octanol–water partition coefficient (Wildman–Crippen LogP) is 5.75. The average Bonchev–Trinajstić information content (AvgIpc) is 3.57. The molecule has 0 radical (unpaired) electrons. The number of carbonyl (C=O) groups is 1. The van der Waals surface area contributed by atoms with E-state index in [0.29, 0.717) is 39.8 Å². The van der Waals surface area contributed by atoms with E-state index in [1.807, 2.05) is 24.3 Å². The van der Waals surface area contributed by atoms with Crippen molar-refractivity contribution in [3.63, 3.8) is 0 Å². The second kappa shape index (κ2) is 19.6. The monoisotopic (exact) mass is 716 g/mol. The third kappa shape index (κ3) is 11.4. The molecule has 270 valence electrons. The van der Waals surface area contributed by atoms with Crippen LogP contribution in [-0.4, -0.2) is 76.7 Å². The number of halogens is 1. The molecule has 0 bridgehead atoms. The summed E-state index contributed by atoms with van der Waals surface area (Å²) >= 11 is 6.66. The molecule has 0 spiro atoms. The molecule has 1 aromatic heterocycles. The SMILES string of the molecule is CO.Cc1c(OCCCN2CCC(O)C2)cccc1-c1cccc(COc2cc(OCc3cncc(C#N)c3)c(CNC(C)C(=O)O)cc2Cl)c1. The average molecular weight is 717 g/mol. The number of nitrogens with one attached hydrogen (secondary N) is 1. The molecule has 11 nitrogen and oxygen atoms in total. The number of aliphatic carboxylic acids is 1. The van der Waals surface area contributed by atoms with E-state index < -0.39 is 12.0 Å². The molecule has 2 unspecified atom stereocenters. The van der Waals surface area contributed by atoms with Gasteiger partial charge >= 0.3 is 5.97 Å². The Balaban J connectivity index is 0.00000286. The highest BCUT2D eigenvalue weighted by Crippen LogP contribution is 2.35. The van der Waals surface area contributed by atoms with Gasteiger partial charge in [0.25, 0.3) is 0 Å². The van der Waals surface area contributed by atoms with E-state index in [2.05, 4.69) is 46.4 Å². The molecule has 2 atom stereocenters. The number of carboxylic acids is 1. The van der Waals surface area contributed by atoms with Crippen molar-refractivity contribution in [3.8, 4) is 34.4 Å². The van der Waals surface area contributed by atoms with Gasteiger partial charge in [-0.15, -0.1) is 0 Å². The second-order valence-electron chi connectivity index (χ2n) is 12.2. The summed E-state index contributed by atoms with van der Waals surface area (Å²) in [5.74, 6) is 0.754. The van der Waals surface area contributed by atoms with Gasteiger partial charge in [-0.05, 0) is 73.2 Å². The highest BCUT2D eigenvalue weighted by molar-refractivity contribution is 6.32. The molecule has 0 saturated carbocycles. The first kappa shape index (κ1) is 39.1. The number of aliphatic hydroxyl groups excluding tert-OH is 2. The van der Waals surface area contributed by atoms with Gasteiger partial charge in [0.15, 0.2) is 0 Å². The maximum atomic E-state index is 11.4. The van der Waals surface area contributed by atoms with Crippen molar-refractivity contribution < 1.29 is 34.3 Å². The van der Waals surface area contributed by atoms with Crippen LogP contribution in [0.5, 0.6) is 17.2 Å². The zero-order valence-corrected chi connectivity index (χ0v) is 29.9. The number of nitriles is 1. The summed E-state index contributed by atoms with van der Waals surface area (Å²) in [5, 5.41) is 38.6. The Morgan fingerprint density at radius 2 is 1.80 bits per heavy atom. The molecule has 51 heavy (non-hydrogen) atoms. The number of rotatable bonds is 16. The number of nitrogens with zero attached hydrogens (tertiary/aromatic N) is 3. The van der Waals surface area contributed by atoms with E-state index in [0.717, 1.165) is 67.6 Å². The Bertz CT molecular complexity index is 1800. The molecular formula is C39H45ClN4O7. The Kier molecular flexibility index (Phi) is 15.0. The minimum absolute atomic E-state index is 0.137. The molecule has 2 heterocycles. The summed E-state index contributed by atoms with van der Waals surface area (Å²) in [4.78, 5) is 17.7. The van der Waals surface area contributed by atoms with Gasteiger partial charge in [-0.2, -0.15) is 5.26 Å². The minimum atomic E-state index is -0.972. The number of aromatic nitrogens is 1. The van der Waals surface area contributed by atoms with E-state index in [9.17, 15) is 20.3 Å². The molecule has 0 amide bonds. The number of ether oxygens (including phenoxy) is 3. The summed E-state index contributed by atoms with van der Waals surface area (Å²) in [6.45, 7) is 7.39. The molecule has 12 heteroatoms. The van der Waals surface area contributed by atoms with Crippen LogP contribution in [0.25, 0.3) is 11.1 Å². The van der Waals surface area contributed by atoms with Crippen molar-refractivity contribution in [1.29, 1.82) is 5.26 Å². The highest BCUT2D eigenvalue weighted by Gasteiger charge is 2.19. The maximum absolute atomic E-state index is 11.4. The normalized spacial score (nSPS) is 14.6. The smallest absolute Gasteiger partial charge is 0.320 e. The molecule has 5 rings (SSSR count). The number of hydrogen-bond acceptors (Lipinski definition) is 10. The molecule has 1 saturated heterocycles. The van der Waals surface area contributed by atoms with Crippen LogP contribution in [-0.2, 0) is 24.6 Å². The standard InChI is InChI=1S/C38H41ClN4O6.CH4O/c1-25-33(8-4-9-35(25)47-13-5-11-43-12-10-32(44)22-43)30-7-3-6-27(15-30)23-49-37-17-36(48-24-29-14-28(18-40)19-41-20-29)31(16-34(37)39)21-42-26(2)38(45)46;1-2/h3-4,6-9,14-17,19-20,26,32,42,44H,5,10-13,21-24H2,1-2H3,(H,45,46);2H,1H3. The van der Waals surface area contributed by atoms with Crippen molar-refractivity contribution in [2.75, 3.05) is 33.4 Å². The molecule has 1 aliphatic rings. The van der Waals surface area contributed by atoms with Crippen molar-refractivity contribution in [1.82, 2.24) is 15.2 Å². The third-order valence-corrected chi connectivity index (χ3v) is 8.74. The van der Waals surface area contributed by atoms with Crippen LogP contribution in [0.2, 0.25) is 5.02 Å². The number of benzene rings is 3. The van der Waals surface area contributed by atoms with Gasteiger partial charge in [0.05, 0.1) is 23.3 Å². The lowest BCUT2D eigenvalue weighted by molar-refractivity contribution is -0.139. The van der Waals surface area contributed by atoms with Crippen LogP contribution in [0.4, 0.5) is 0 Å². The Morgan fingerprint density at radius 3 is 2.55 bits per heavy atom. The molecule has 3 aromatic carbocycles. The summed E-state index contributed by atoms with van der Waals surface area (Å²) in [7, 11) is 1.00. The second-order valence-corrected chi connectivity index (χ2v) is 12.6. The Hall–Kier alpha value is -4.70. The van der Waals surface area contributed by atoms with E-state index in [-0.39, 0.29) is 25.9 Å². The number of aliphatic hydroxyl groups is 2. The van der Waals surface area contributed by atoms with E-state index in [1.54, 1.807) is 31.3 Å². The van der Waals surface area contributed by atoms with Gasteiger partial charge in [-0.1, -0.05) is 41.9 Å². The lowest BCUT2D eigenvalue weighted by Gasteiger charge is -2.18. The molecular weight excluding hydrogens is 672 g/mol. The van der Waals surface area contributed by atoms with Crippen molar-refractivity contribution in [2.45, 2.75) is 58.6 Å². The highest BCUT2D eigenvalue weighted by atomic mass is 35.5. The summed E-state index contributed by atoms with van der Waals surface area (Å²) in [6, 6.07) is 20.6. The van der Waals surface area contributed by atoms with E-state index in [4.69, 9.17) is 30.9 Å². The molecule has 4 N–H and O–H groups in total. The van der Waals surface area contributed by atoms with Crippen LogP contribution in [0.1, 0.15) is 47.6 Å². The van der Waals surface area contributed by atoms with Gasteiger partial charge in [-0.25, -0.2) is 0 Å². The first-order valence-corrected chi connectivity index (χ1v) is 17.1. The van der Waals surface area contributed by atoms with Crippen molar-refractivity contribution in [2.24, 2.45) is 0 Å². The van der Waals surface area contributed by atoms with Crippen molar-refractivity contribution >= 4 is 17.6 Å². The third-order valence-electron chi connectivity index (χ3n) is 8.44. The van der Waals surface area contributed by atoms with Crippen LogP contribution >= 0.6 is 11.6 Å². The lowest BCUT2D eigenvalue weighted by Crippen LogP contribution is -2.33. The molecule has 1 fully saturated rings. The Labute approximate surface area is 304 Å². The zero-order valence-electron chi connectivity index (χ0n) is 29.1. The number of β-amino-alcohol motifs (C(OH)–C–C–N with tert-alkyl or cyclic N) is 1. The van der Waals surface area contributed by atoms with Gasteiger partial charge in [0.1, 0.15) is 42.6 Å². The minimum Gasteiger partial charge on any atom is -0.493 e. The number of carboxylic acid groups (broad SMARTS) is 1. The lowest BCUT2D eigenvalue weighted by atomic mass is 9.98. The fourth-order valence-corrected chi connectivity index (χ4v) is 5.90. The summed E-state index contributed by atoms with van der Waals surface area (Å²) < 4.78 is 18.5. The van der Waals surface area contributed by atoms with E-state index in [1.165, 1.54) is 6.20 Å². The predicted molar refractivity (Wildman–Crippen MR) is 195 cm³/mol. The largest absolute Gasteiger partial charge is 0.493 e. The van der Waals surface area contributed by atoms with Gasteiger partial charge < -0.3 is 39.7 Å². The number of likely N-dealkylation sites (tertiary alicyclic amines) is 1. The van der Waals surface area contributed by atoms with Crippen LogP contribution < -0.4 is 19.5 Å². The van der Waals surface area contributed by atoms with Gasteiger partial charge in [-0.3, -0.25) is 9.78 Å². The zero-order chi connectivity index (χ0) is 36.8. The number of pyridine rings is 1. The van der Waals surface area contributed by atoms with Crippen LogP contribution in [0.3, 0.4) is 0 Å². The molecule has 1 aliphatic heterocycles. The topological polar surface area (TPSA) is 157 Å². The summed E-state index contributed by atoms with van der Waals surface area (Å²) in [5.41, 5.74) is 5.88. The molecule has 0 aliphatic carbocycles. The number of hydrogen-bond donors (Lipinski definition) is 4. The fourth-order valence-electron chi connectivity index (χ4n) is 5.66. The van der Waals surface area contributed by atoms with Gasteiger partial charge in [0, 0.05) is 62.9 Å². The maximum Gasteiger partial charge on any atom is 0.320 e.